The molecule has 15 heavy (non-hydrogen) atoms. The second-order valence-corrected chi connectivity index (χ2v) is 3.00. The maximum atomic E-state index is 12.2. The Bertz CT molecular complexity index is 451. The topological polar surface area (TPSA) is 38.0 Å². The van der Waals surface area contributed by atoms with Gasteiger partial charge in [-0.15, -0.1) is 0 Å². The Morgan fingerprint density at radius 1 is 1.13 bits per heavy atom. The predicted molar refractivity (Wildman–Crippen MR) is 50.2 cm³/mol. The third-order valence-corrected chi connectivity index (χ3v) is 1.95. The molecule has 0 radical (unpaired) electrons. The molecule has 0 aliphatic rings. The van der Waals surface area contributed by atoms with E-state index < -0.39 is 6.43 Å². The van der Waals surface area contributed by atoms with Gasteiger partial charge in [-0.3, -0.25) is 0 Å². The van der Waals surface area contributed by atoms with Crippen molar-refractivity contribution in [1.29, 1.82) is 0 Å². The Hall–Kier alpha value is -1.91. The molecule has 0 unspecified atom stereocenters. The molecule has 78 valence electrons. The number of phenolic OH excluding ortho intramolecular Hbond substituents is 1. The molecule has 0 fully saturated rings. The van der Waals surface area contributed by atoms with Gasteiger partial charge in [-0.25, -0.2) is 13.5 Å². The average molecular weight is 210 g/mol. The summed E-state index contributed by atoms with van der Waals surface area (Å²) >= 11 is 0. The summed E-state index contributed by atoms with van der Waals surface area (Å²) in [5.41, 5.74) is 0.364. The molecule has 2 aromatic rings. The molecule has 1 aromatic carbocycles. The lowest BCUT2D eigenvalue weighted by Crippen LogP contribution is -1.95. The van der Waals surface area contributed by atoms with E-state index in [-0.39, 0.29) is 11.4 Å². The number of rotatable bonds is 2. The molecule has 0 aliphatic carbocycles. The van der Waals surface area contributed by atoms with Gasteiger partial charge in [0.25, 0.3) is 6.43 Å². The molecule has 0 saturated carbocycles. The first-order valence-corrected chi connectivity index (χ1v) is 4.30. The van der Waals surface area contributed by atoms with Gasteiger partial charge in [0.2, 0.25) is 0 Å². The summed E-state index contributed by atoms with van der Waals surface area (Å²) in [6.07, 6.45) is -1.11. The van der Waals surface area contributed by atoms with Crippen LogP contribution in [0.25, 0.3) is 5.69 Å². The average Bonchev–Trinajstić information content (AvgIpc) is 2.68. The monoisotopic (exact) mass is 210 g/mol. The van der Waals surface area contributed by atoms with Gasteiger partial charge in [0.05, 0.1) is 5.69 Å². The van der Waals surface area contributed by atoms with Crippen molar-refractivity contribution in [3.05, 3.63) is 42.2 Å². The molecule has 0 saturated heterocycles. The summed E-state index contributed by atoms with van der Waals surface area (Å²) in [5.74, 6) is 0.125. The van der Waals surface area contributed by atoms with Gasteiger partial charge in [0.15, 0.2) is 0 Å². The van der Waals surface area contributed by atoms with Crippen molar-refractivity contribution in [1.82, 2.24) is 9.78 Å². The molecular formula is C10H8F2N2O. The fourth-order valence-corrected chi connectivity index (χ4v) is 1.20. The zero-order valence-corrected chi connectivity index (χ0v) is 7.64. The van der Waals surface area contributed by atoms with Crippen LogP contribution >= 0.6 is 0 Å². The van der Waals surface area contributed by atoms with E-state index in [9.17, 15) is 8.78 Å². The third-order valence-electron chi connectivity index (χ3n) is 1.95. The minimum Gasteiger partial charge on any atom is -0.508 e. The highest BCUT2D eigenvalue weighted by Gasteiger charge is 2.10. The number of nitrogens with zero attached hydrogens (tertiary/aromatic N) is 2. The van der Waals surface area contributed by atoms with Crippen LogP contribution in [-0.2, 0) is 0 Å². The fraction of sp³-hybridized carbons (Fsp3) is 0.100. The van der Waals surface area contributed by atoms with E-state index in [1.807, 2.05) is 0 Å². The van der Waals surface area contributed by atoms with Crippen LogP contribution < -0.4 is 0 Å². The lowest BCUT2D eigenvalue weighted by atomic mass is 10.3. The van der Waals surface area contributed by atoms with E-state index in [0.717, 1.165) is 0 Å². The van der Waals surface area contributed by atoms with Gasteiger partial charge in [0, 0.05) is 6.20 Å². The number of benzene rings is 1. The number of hydrogen-bond acceptors (Lipinski definition) is 2. The number of halogens is 2. The van der Waals surface area contributed by atoms with E-state index in [1.165, 1.54) is 29.1 Å². The molecule has 1 heterocycles. The maximum Gasteiger partial charge on any atom is 0.282 e. The zero-order chi connectivity index (χ0) is 10.8. The van der Waals surface area contributed by atoms with Gasteiger partial charge < -0.3 is 5.11 Å². The van der Waals surface area contributed by atoms with Crippen LogP contribution in [0.1, 0.15) is 12.1 Å². The van der Waals surface area contributed by atoms with Gasteiger partial charge in [-0.2, -0.15) is 5.10 Å². The highest BCUT2D eigenvalue weighted by molar-refractivity contribution is 5.36. The summed E-state index contributed by atoms with van der Waals surface area (Å²) in [6, 6.07) is 7.39. The summed E-state index contributed by atoms with van der Waals surface area (Å²) in [5, 5.41) is 12.7. The highest BCUT2D eigenvalue weighted by atomic mass is 19.3. The molecule has 1 N–H and O–H groups in total. The van der Waals surface area contributed by atoms with Crippen LogP contribution in [0.3, 0.4) is 0 Å². The van der Waals surface area contributed by atoms with Gasteiger partial charge >= 0.3 is 0 Å². The molecule has 0 amide bonds. The molecule has 0 aliphatic heterocycles. The largest absolute Gasteiger partial charge is 0.508 e. The van der Waals surface area contributed by atoms with Gasteiger partial charge in [0.1, 0.15) is 11.4 Å². The number of alkyl halides is 2. The molecule has 2 rings (SSSR count). The Kier molecular flexibility index (Phi) is 2.37. The van der Waals surface area contributed by atoms with E-state index in [0.29, 0.717) is 5.69 Å². The maximum absolute atomic E-state index is 12.2. The van der Waals surface area contributed by atoms with Crippen molar-refractivity contribution in [2.75, 3.05) is 0 Å². The van der Waals surface area contributed by atoms with E-state index in [2.05, 4.69) is 5.10 Å². The number of aromatic nitrogens is 2. The van der Waals surface area contributed by atoms with Crippen molar-refractivity contribution in [3.63, 3.8) is 0 Å². The highest BCUT2D eigenvalue weighted by Crippen LogP contribution is 2.18. The molecule has 3 nitrogen and oxygen atoms in total. The molecule has 1 aromatic heterocycles. The summed E-state index contributed by atoms with van der Waals surface area (Å²) in [4.78, 5) is 0. The minimum absolute atomic E-state index is 0.125. The summed E-state index contributed by atoms with van der Waals surface area (Å²) in [6.45, 7) is 0. The van der Waals surface area contributed by atoms with Crippen LogP contribution in [0, 0.1) is 0 Å². The molecule has 0 spiro atoms. The van der Waals surface area contributed by atoms with Crippen LogP contribution in [0.5, 0.6) is 5.75 Å². The van der Waals surface area contributed by atoms with E-state index in [1.54, 1.807) is 12.1 Å². The SMILES string of the molecule is Oc1ccc(-n2ccc(C(F)F)n2)cc1. The van der Waals surface area contributed by atoms with Gasteiger partial charge in [-0.05, 0) is 30.3 Å². The first kappa shape index (κ1) is 9.64. The smallest absolute Gasteiger partial charge is 0.282 e. The first-order chi connectivity index (χ1) is 7.16. The van der Waals surface area contributed by atoms with Crippen LogP contribution in [-0.4, -0.2) is 14.9 Å². The molecule has 5 heteroatoms. The second-order valence-electron chi connectivity index (χ2n) is 3.00. The predicted octanol–water partition coefficient (Wildman–Crippen LogP) is 2.52. The van der Waals surface area contributed by atoms with Crippen LogP contribution in [0.2, 0.25) is 0 Å². The van der Waals surface area contributed by atoms with E-state index in [4.69, 9.17) is 5.11 Å². The van der Waals surface area contributed by atoms with Crippen molar-refractivity contribution in [2.24, 2.45) is 0 Å². The van der Waals surface area contributed by atoms with Crippen LogP contribution in [0.15, 0.2) is 36.5 Å². The Morgan fingerprint density at radius 3 is 2.33 bits per heavy atom. The number of aromatic hydroxyl groups is 1. The van der Waals surface area contributed by atoms with E-state index >= 15 is 0 Å². The number of hydrogen-bond donors (Lipinski definition) is 1. The molecule has 0 bridgehead atoms. The second kappa shape index (κ2) is 3.68. The quantitative estimate of drug-likeness (QED) is 0.827. The zero-order valence-electron chi connectivity index (χ0n) is 7.64. The van der Waals surface area contributed by atoms with Crippen LogP contribution in [0.4, 0.5) is 8.78 Å². The minimum atomic E-state index is -2.57. The standard InChI is InChI=1S/C10H8F2N2O/c11-10(12)9-5-6-14(13-9)7-1-3-8(15)4-2-7/h1-6,10,15H. The fourth-order valence-electron chi connectivity index (χ4n) is 1.20. The third kappa shape index (κ3) is 1.96. The Labute approximate surface area is 84.6 Å². The van der Waals surface area contributed by atoms with Crippen molar-refractivity contribution >= 4 is 0 Å². The van der Waals surface area contributed by atoms with Crippen molar-refractivity contribution in [3.8, 4) is 11.4 Å². The molecule has 0 atom stereocenters. The lowest BCUT2D eigenvalue weighted by Gasteiger charge is -2.00. The first-order valence-electron chi connectivity index (χ1n) is 4.30. The molecular weight excluding hydrogens is 202 g/mol. The summed E-state index contributed by atoms with van der Waals surface area (Å²) in [7, 11) is 0. The Balaban J connectivity index is 2.33. The Morgan fingerprint density at radius 2 is 1.80 bits per heavy atom. The lowest BCUT2D eigenvalue weighted by molar-refractivity contribution is 0.145. The van der Waals surface area contributed by atoms with Gasteiger partial charge in [-0.1, -0.05) is 0 Å². The normalized spacial score (nSPS) is 10.9. The van der Waals surface area contributed by atoms with Crippen molar-refractivity contribution in [2.45, 2.75) is 6.43 Å². The number of phenols is 1. The van der Waals surface area contributed by atoms with Crippen molar-refractivity contribution < 1.29 is 13.9 Å². The summed E-state index contributed by atoms with van der Waals surface area (Å²) < 4.78 is 25.8.